The van der Waals surface area contributed by atoms with Crippen molar-refractivity contribution in [2.45, 2.75) is 6.54 Å². The number of nitrogens with zero attached hydrogens (tertiary/aromatic N) is 2. The SMILES string of the molecule is N=C(N)c1ccc(Cn2ncc3ccccc32)cc1. The van der Waals surface area contributed by atoms with Gasteiger partial charge in [0.2, 0.25) is 0 Å². The highest BCUT2D eigenvalue weighted by atomic mass is 15.3. The predicted molar refractivity (Wildman–Crippen MR) is 76.3 cm³/mol. The normalized spacial score (nSPS) is 10.7. The summed E-state index contributed by atoms with van der Waals surface area (Å²) in [5.41, 5.74) is 8.45. The first-order valence-corrected chi connectivity index (χ1v) is 6.08. The smallest absolute Gasteiger partial charge is 0.122 e. The number of nitrogen functional groups attached to an aromatic ring is 1. The highest BCUT2D eigenvalue weighted by Gasteiger charge is 2.03. The molecular weight excluding hydrogens is 236 g/mol. The number of hydrogen-bond donors (Lipinski definition) is 2. The van der Waals surface area contributed by atoms with Crippen molar-refractivity contribution < 1.29 is 0 Å². The summed E-state index contributed by atoms with van der Waals surface area (Å²) < 4.78 is 1.97. The quantitative estimate of drug-likeness (QED) is 0.553. The Morgan fingerprint density at radius 1 is 1.11 bits per heavy atom. The maximum Gasteiger partial charge on any atom is 0.122 e. The molecule has 0 bridgehead atoms. The van der Waals surface area contributed by atoms with Crippen molar-refractivity contribution in [3.05, 3.63) is 65.9 Å². The fourth-order valence-corrected chi connectivity index (χ4v) is 2.11. The summed E-state index contributed by atoms with van der Waals surface area (Å²) in [5, 5.41) is 12.9. The summed E-state index contributed by atoms with van der Waals surface area (Å²) in [5.74, 6) is 0.0936. The fourth-order valence-electron chi connectivity index (χ4n) is 2.11. The maximum absolute atomic E-state index is 7.37. The lowest BCUT2D eigenvalue weighted by molar-refractivity contribution is 0.712. The van der Waals surface area contributed by atoms with Gasteiger partial charge in [0.1, 0.15) is 5.84 Å². The Labute approximate surface area is 111 Å². The van der Waals surface area contributed by atoms with Gasteiger partial charge in [0.15, 0.2) is 0 Å². The van der Waals surface area contributed by atoms with Crippen LogP contribution in [0.25, 0.3) is 10.9 Å². The van der Waals surface area contributed by atoms with Crippen LogP contribution in [0.3, 0.4) is 0 Å². The van der Waals surface area contributed by atoms with Gasteiger partial charge in [0.25, 0.3) is 0 Å². The lowest BCUT2D eigenvalue weighted by atomic mass is 10.1. The summed E-state index contributed by atoms with van der Waals surface area (Å²) in [6.45, 7) is 0.714. The first-order valence-electron chi connectivity index (χ1n) is 6.08. The third-order valence-corrected chi connectivity index (χ3v) is 3.15. The lowest BCUT2D eigenvalue weighted by Crippen LogP contribution is -2.11. The van der Waals surface area contributed by atoms with Gasteiger partial charge in [0.05, 0.1) is 18.3 Å². The number of para-hydroxylation sites is 1. The van der Waals surface area contributed by atoms with Crippen LogP contribution in [-0.4, -0.2) is 15.6 Å². The Morgan fingerprint density at radius 3 is 2.58 bits per heavy atom. The average Bonchev–Trinajstić information content (AvgIpc) is 2.83. The first kappa shape index (κ1) is 11.5. The van der Waals surface area contributed by atoms with E-state index in [9.17, 15) is 0 Å². The number of nitrogens with one attached hydrogen (secondary N) is 1. The number of nitrogens with two attached hydrogens (primary N) is 1. The van der Waals surface area contributed by atoms with Crippen LogP contribution in [0.15, 0.2) is 54.7 Å². The van der Waals surface area contributed by atoms with Gasteiger partial charge < -0.3 is 5.73 Å². The van der Waals surface area contributed by atoms with Gasteiger partial charge in [0, 0.05) is 10.9 Å². The number of hydrogen-bond acceptors (Lipinski definition) is 2. The molecule has 2 aromatic carbocycles. The Bertz CT molecular complexity index is 725. The van der Waals surface area contributed by atoms with Crippen LogP contribution in [0.5, 0.6) is 0 Å². The summed E-state index contributed by atoms with van der Waals surface area (Å²) >= 11 is 0. The third-order valence-electron chi connectivity index (χ3n) is 3.15. The molecule has 0 amide bonds. The summed E-state index contributed by atoms with van der Waals surface area (Å²) in [6, 6.07) is 15.8. The molecule has 0 saturated carbocycles. The van der Waals surface area contributed by atoms with Crippen molar-refractivity contribution >= 4 is 16.7 Å². The minimum absolute atomic E-state index is 0.0936. The van der Waals surface area contributed by atoms with Crippen molar-refractivity contribution in [2.75, 3.05) is 0 Å². The second-order valence-electron chi connectivity index (χ2n) is 4.47. The van der Waals surface area contributed by atoms with E-state index in [-0.39, 0.29) is 5.84 Å². The standard InChI is InChI=1S/C15H14N4/c16-15(17)12-7-5-11(6-8-12)10-19-14-4-2-1-3-13(14)9-18-19/h1-9H,10H2,(H3,16,17). The minimum atomic E-state index is 0.0936. The Kier molecular flexibility index (Phi) is 2.76. The molecule has 94 valence electrons. The van der Waals surface area contributed by atoms with Gasteiger partial charge in [-0.05, 0) is 11.6 Å². The fraction of sp³-hybridized carbons (Fsp3) is 0.0667. The molecular formula is C15H14N4. The maximum atomic E-state index is 7.37. The van der Waals surface area contributed by atoms with Crippen LogP contribution in [0, 0.1) is 5.41 Å². The van der Waals surface area contributed by atoms with E-state index in [1.54, 1.807) is 0 Å². The Morgan fingerprint density at radius 2 is 1.84 bits per heavy atom. The number of benzene rings is 2. The molecule has 3 aromatic rings. The molecule has 0 fully saturated rings. The average molecular weight is 250 g/mol. The van der Waals surface area contributed by atoms with E-state index in [4.69, 9.17) is 11.1 Å². The zero-order valence-corrected chi connectivity index (χ0v) is 10.4. The van der Waals surface area contributed by atoms with E-state index in [1.165, 1.54) is 0 Å². The van der Waals surface area contributed by atoms with Gasteiger partial charge in [-0.3, -0.25) is 10.1 Å². The van der Waals surface area contributed by atoms with Crippen LogP contribution in [0.1, 0.15) is 11.1 Å². The van der Waals surface area contributed by atoms with Gasteiger partial charge in [-0.15, -0.1) is 0 Å². The number of fused-ring (bicyclic) bond motifs is 1. The summed E-state index contributed by atoms with van der Waals surface area (Å²) in [4.78, 5) is 0. The number of rotatable bonds is 3. The molecule has 0 radical (unpaired) electrons. The zero-order valence-electron chi connectivity index (χ0n) is 10.4. The van der Waals surface area contributed by atoms with Gasteiger partial charge in [-0.1, -0.05) is 42.5 Å². The summed E-state index contributed by atoms with van der Waals surface area (Å²) in [6.07, 6.45) is 1.87. The van der Waals surface area contributed by atoms with Crippen LogP contribution >= 0.6 is 0 Å². The topological polar surface area (TPSA) is 67.7 Å². The van der Waals surface area contributed by atoms with Crippen LogP contribution in [-0.2, 0) is 6.54 Å². The molecule has 1 aromatic heterocycles. The molecule has 19 heavy (non-hydrogen) atoms. The van der Waals surface area contributed by atoms with Gasteiger partial charge in [-0.25, -0.2) is 0 Å². The second kappa shape index (κ2) is 4.57. The highest BCUT2D eigenvalue weighted by Crippen LogP contribution is 2.14. The molecule has 0 unspecified atom stereocenters. The molecule has 0 spiro atoms. The molecule has 0 aliphatic heterocycles. The van der Waals surface area contributed by atoms with Crippen LogP contribution in [0.2, 0.25) is 0 Å². The lowest BCUT2D eigenvalue weighted by Gasteiger charge is -2.05. The van der Waals surface area contributed by atoms with E-state index >= 15 is 0 Å². The predicted octanol–water partition coefficient (Wildman–Crippen LogP) is 2.37. The first-order chi connectivity index (χ1) is 9.24. The van der Waals surface area contributed by atoms with Gasteiger partial charge >= 0.3 is 0 Å². The molecule has 1 heterocycles. The van der Waals surface area contributed by atoms with Crippen molar-refractivity contribution in [1.29, 1.82) is 5.41 Å². The molecule has 4 heteroatoms. The second-order valence-corrected chi connectivity index (χ2v) is 4.47. The largest absolute Gasteiger partial charge is 0.384 e. The monoisotopic (exact) mass is 250 g/mol. The molecule has 0 saturated heterocycles. The zero-order chi connectivity index (χ0) is 13.2. The van der Waals surface area contributed by atoms with E-state index in [0.29, 0.717) is 6.54 Å². The van der Waals surface area contributed by atoms with Crippen molar-refractivity contribution in [3.8, 4) is 0 Å². The minimum Gasteiger partial charge on any atom is -0.384 e. The molecule has 0 atom stereocenters. The van der Waals surface area contributed by atoms with E-state index < -0.39 is 0 Å². The highest BCUT2D eigenvalue weighted by molar-refractivity contribution is 5.94. The van der Waals surface area contributed by atoms with E-state index in [0.717, 1.165) is 22.0 Å². The molecule has 3 N–H and O–H groups in total. The molecule has 0 aliphatic carbocycles. The third kappa shape index (κ3) is 2.20. The van der Waals surface area contributed by atoms with E-state index in [1.807, 2.05) is 47.3 Å². The van der Waals surface area contributed by atoms with Gasteiger partial charge in [-0.2, -0.15) is 5.10 Å². The van der Waals surface area contributed by atoms with Crippen LogP contribution in [0.4, 0.5) is 0 Å². The molecule has 0 aliphatic rings. The van der Waals surface area contributed by atoms with E-state index in [2.05, 4.69) is 17.2 Å². The van der Waals surface area contributed by atoms with Crippen LogP contribution < -0.4 is 5.73 Å². The number of amidine groups is 1. The van der Waals surface area contributed by atoms with Crippen molar-refractivity contribution in [2.24, 2.45) is 5.73 Å². The Hall–Kier alpha value is -2.62. The molecule has 3 rings (SSSR count). The summed E-state index contributed by atoms with van der Waals surface area (Å²) in [7, 11) is 0. The number of aromatic nitrogens is 2. The van der Waals surface area contributed by atoms with Crippen molar-refractivity contribution in [3.63, 3.8) is 0 Å². The Balaban J connectivity index is 1.90. The van der Waals surface area contributed by atoms with Crippen molar-refractivity contribution in [1.82, 2.24) is 9.78 Å². The molecule has 4 nitrogen and oxygen atoms in total.